The molecule has 0 unspecified atom stereocenters. The van der Waals surface area contributed by atoms with E-state index < -0.39 is 27.6 Å². The maximum atomic E-state index is 12.1. The van der Waals surface area contributed by atoms with E-state index >= 15 is 0 Å². The van der Waals surface area contributed by atoms with Crippen LogP contribution in [0.3, 0.4) is 0 Å². The molecule has 0 aliphatic carbocycles. The van der Waals surface area contributed by atoms with E-state index in [4.69, 9.17) is 10.5 Å². The standard InChI is InChI=1S/C14H20N2O6S2/c1-4-22-14(19)10-8(2)11(12(15)18)23-13(10)16-9(17)6-5-7-24(3,20)21/h4-7H2,1-3H3,(H2,15,18)(H,16,17). The lowest BCUT2D eigenvalue weighted by Crippen LogP contribution is -2.16. The van der Waals surface area contributed by atoms with Crippen molar-refractivity contribution in [1.29, 1.82) is 0 Å². The topological polar surface area (TPSA) is 133 Å². The molecule has 134 valence electrons. The molecule has 0 atom stereocenters. The van der Waals surface area contributed by atoms with Gasteiger partial charge in [0, 0.05) is 12.7 Å². The summed E-state index contributed by atoms with van der Waals surface area (Å²) in [6.07, 6.45) is 1.22. The molecule has 0 radical (unpaired) electrons. The summed E-state index contributed by atoms with van der Waals surface area (Å²) in [5.41, 5.74) is 5.70. The van der Waals surface area contributed by atoms with Crippen LogP contribution in [0.1, 0.15) is 45.4 Å². The van der Waals surface area contributed by atoms with Crippen LogP contribution in [0.2, 0.25) is 0 Å². The van der Waals surface area contributed by atoms with Crippen molar-refractivity contribution in [3.05, 3.63) is 16.0 Å². The van der Waals surface area contributed by atoms with Crippen LogP contribution >= 0.6 is 11.3 Å². The van der Waals surface area contributed by atoms with Gasteiger partial charge in [-0.15, -0.1) is 11.3 Å². The molecule has 8 nitrogen and oxygen atoms in total. The first kappa shape index (κ1) is 20.1. The second-order valence-corrected chi connectivity index (χ2v) is 8.41. The van der Waals surface area contributed by atoms with Crippen molar-refractivity contribution in [2.75, 3.05) is 23.9 Å². The van der Waals surface area contributed by atoms with Crippen molar-refractivity contribution >= 4 is 44.0 Å². The number of ether oxygens (including phenoxy) is 1. The van der Waals surface area contributed by atoms with Crippen molar-refractivity contribution in [2.24, 2.45) is 5.73 Å². The van der Waals surface area contributed by atoms with E-state index in [0.29, 0.717) is 5.56 Å². The van der Waals surface area contributed by atoms with Crippen LogP contribution in [0.15, 0.2) is 0 Å². The van der Waals surface area contributed by atoms with Gasteiger partial charge in [0.15, 0.2) is 0 Å². The molecular formula is C14H20N2O6S2. The summed E-state index contributed by atoms with van der Waals surface area (Å²) in [5.74, 6) is -1.94. The molecule has 0 saturated carbocycles. The van der Waals surface area contributed by atoms with Crippen LogP contribution in [0.4, 0.5) is 5.00 Å². The van der Waals surface area contributed by atoms with Gasteiger partial charge < -0.3 is 15.8 Å². The summed E-state index contributed by atoms with van der Waals surface area (Å²) in [4.78, 5) is 35.6. The van der Waals surface area contributed by atoms with E-state index in [1.807, 2.05) is 0 Å². The van der Waals surface area contributed by atoms with Crippen molar-refractivity contribution in [3.8, 4) is 0 Å². The van der Waals surface area contributed by atoms with Gasteiger partial charge in [-0.05, 0) is 25.8 Å². The summed E-state index contributed by atoms with van der Waals surface area (Å²) in [6.45, 7) is 3.32. The lowest BCUT2D eigenvalue weighted by molar-refractivity contribution is -0.116. The molecule has 0 spiro atoms. The number of nitrogens with two attached hydrogens (primary N) is 1. The molecule has 24 heavy (non-hydrogen) atoms. The van der Waals surface area contributed by atoms with Gasteiger partial charge in [0.25, 0.3) is 5.91 Å². The molecule has 2 amide bonds. The minimum absolute atomic E-state index is 0.0296. The van der Waals surface area contributed by atoms with Gasteiger partial charge in [-0.25, -0.2) is 13.2 Å². The van der Waals surface area contributed by atoms with Crippen LogP contribution in [0.25, 0.3) is 0 Å². The second-order valence-electron chi connectivity index (χ2n) is 5.13. The predicted octanol–water partition coefficient (Wildman–Crippen LogP) is 1.10. The Labute approximate surface area is 144 Å². The van der Waals surface area contributed by atoms with E-state index in [0.717, 1.165) is 17.6 Å². The van der Waals surface area contributed by atoms with Gasteiger partial charge in [-0.1, -0.05) is 0 Å². The fourth-order valence-electron chi connectivity index (χ4n) is 1.97. The highest BCUT2D eigenvalue weighted by Gasteiger charge is 2.25. The zero-order valence-electron chi connectivity index (χ0n) is 13.7. The normalized spacial score (nSPS) is 11.1. The number of hydrogen-bond acceptors (Lipinski definition) is 7. The number of rotatable bonds is 8. The smallest absolute Gasteiger partial charge is 0.341 e. The quantitative estimate of drug-likeness (QED) is 0.653. The lowest BCUT2D eigenvalue weighted by Gasteiger charge is -2.07. The van der Waals surface area contributed by atoms with Crippen LogP contribution in [0, 0.1) is 6.92 Å². The number of anilines is 1. The minimum atomic E-state index is -3.15. The molecule has 1 aromatic heterocycles. The maximum Gasteiger partial charge on any atom is 0.341 e. The zero-order chi connectivity index (χ0) is 18.5. The Morgan fingerprint density at radius 3 is 2.42 bits per heavy atom. The number of primary amides is 1. The first-order valence-corrected chi connectivity index (χ1v) is 10.0. The number of esters is 1. The minimum Gasteiger partial charge on any atom is -0.462 e. The van der Waals surface area contributed by atoms with Crippen LogP contribution < -0.4 is 11.1 Å². The molecule has 0 saturated heterocycles. The second kappa shape index (κ2) is 8.25. The first-order chi connectivity index (χ1) is 11.1. The molecule has 0 aliphatic heterocycles. The zero-order valence-corrected chi connectivity index (χ0v) is 15.3. The Bertz CT molecular complexity index is 752. The monoisotopic (exact) mass is 376 g/mol. The van der Waals surface area contributed by atoms with Crippen LogP contribution in [0.5, 0.6) is 0 Å². The van der Waals surface area contributed by atoms with Gasteiger partial charge in [0.05, 0.1) is 22.8 Å². The van der Waals surface area contributed by atoms with Gasteiger partial charge in [0.2, 0.25) is 5.91 Å². The van der Waals surface area contributed by atoms with Crippen LogP contribution in [-0.4, -0.2) is 44.8 Å². The predicted molar refractivity (Wildman–Crippen MR) is 91.1 cm³/mol. The summed E-state index contributed by atoms with van der Waals surface area (Å²) in [6, 6.07) is 0. The molecule has 10 heteroatoms. The fraction of sp³-hybridized carbons (Fsp3) is 0.500. The fourth-order valence-corrected chi connectivity index (χ4v) is 3.70. The number of carbonyl (C=O) groups excluding carboxylic acids is 3. The van der Waals surface area contributed by atoms with Crippen molar-refractivity contribution in [3.63, 3.8) is 0 Å². The van der Waals surface area contributed by atoms with E-state index in [1.54, 1.807) is 13.8 Å². The number of thiophene rings is 1. The van der Waals surface area contributed by atoms with E-state index in [9.17, 15) is 22.8 Å². The highest BCUT2D eigenvalue weighted by atomic mass is 32.2. The van der Waals surface area contributed by atoms with Crippen molar-refractivity contribution < 1.29 is 27.5 Å². The SMILES string of the molecule is CCOC(=O)c1c(NC(=O)CCCS(C)(=O)=O)sc(C(N)=O)c1C. The number of nitrogens with one attached hydrogen (secondary N) is 1. The Morgan fingerprint density at radius 2 is 1.92 bits per heavy atom. The summed E-state index contributed by atoms with van der Waals surface area (Å²) < 4.78 is 27.1. The third-order valence-corrected chi connectivity index (χ3v) is 5.27. The van der Waals surface area contributed by atoms with Crippen molar-refractivity contribution in [1.82, 2.24) is 0 Å². The van der Waals surface area contributed by atoms with Gasteiger partial charge in [0.1, 0.15) is 14.8 Å². The van der Waals surface area contributed by atoms with Crippen molar-refractivity contribution in [2.45, 2.75) is 26.7 Å². The van der Waals surface area contributed by atoms with Gasteiger partial charge >= 0.3 is 5.97 Å². The third-order valence-electron chi connectivity index (χ3n) is 3.02. The Kier molecular flexibility index (Phi) is 6.91. The average Bonchev–Trinajstić information content (AvgIpc) is 2.74. The Balaban J connectivity index is 2.97. The molecule has 1 rings (SSSR count). The Morgan fingerprint density at radius 1 is 1.29 bits per heavy atom. The van der Waals surface area contributed by atoms with E-state index in [-0.39, 0.29) is 40.6 Å². The number of hydrogen-bond donors (Lipinski definition) is 2. The first-order valence-electron chi connectivity index (χ1n) is 7.14. The summed E-state index contributed by atoms with van der Waals surface area (Å²) >= 11 is 0.890. The summed E-state index contributed by atoms with van der Waals surface area (Å²) in [7, 11) is -3.15. The molecular weight excluding hydrogens is 356 g/mol. The number of sulfone groups is 1. The number of amides is 2. The molecule has 1 aromatic rings. The third kappa shape index (κ3) is 5.60. The molecule has 0 fully saturated rings. The molecule has 0 aromatic carbocycles. The average molecular weight is 376 g/mol. The van der Waals surface area contributed by atoms with E-state index in [2.05, 4.69) is 5.32 Å². The maximum absolute atomic E-state index is 12.1. The number of carbonyl (C=O) groups is 3. The van der Waals surface area contributed by atoms with Gasteiger partial charge in [-0.3, -0.25) is 9.59 Å². The summed E-state index contributed by atoms with van der Waals surface area (Å²) in [5, 5.41) is 2.70. The molecule has 1 heterocycles. The molecule has 0 aliphatic rings. The Hall–Kier alpha value is -1.94. The van der Waals surface area contributed by atoms with Gasteiger partial charge in [-0.2, -0.15) is 0 Å². The molecule has 0 bridgehead atoms. The lowest BCUT2D eigenvalue weighted by atomic mass is 10.1. The largest absolute Gasteiger partial charge is 0.462 e. The van der Waals surface area contributed by atoms with E-state index in [1.165, 1.54) is 0 Å². The molecule has 3 N–H and O–H groups in total. The highest BCUT2D eigenvalue weighted by molar-refractivity contribution is 7.90. The van der Waals surface area contributed by atoms with Crippen LogP contribution in [-0.2, 0) is 19.4 Å². The highest BCUT2D eigenvalue weighted by Crippen LogP contribution is 2.33.